The fourth-order valence-corrected chi connectivity index (χ4v) is 3.28. The number of aromatic nitrogens is 3. The van der Waals surface area contributed by atoms with Crippen LogP contribution in [0.5, 0.6) is 0 Å². The summed E-state index contributed by atoms with van der Waals surface area (Å²) in [5.74, 6) is 0.889. The Kier molecular flexibility index (Phi) is 5.65. The van der Waals surface area contributed by atoms with Crippen LogP contribution < -0.4 is 0 Å². The molecule has 7 heteroatoms. The van der Waals surface area contributed by atoms with Crippen molar-refractivity contribution < 1.29 is 9.18 Å². The summed E-state index contributed by atoms with van der Waals surface area (Å²) < 4.78 is 13.2. The van der Waals surface area contributed by atoms with Gasteiger partial charge in [0.25, 0.3) is 0 Å². The maximum atomic E-state index is 13.2. The van der Waals surface area contributed by atoms with Gasteiger partial charge in [0, 0.05) is 25.7 Å². The molecule has 3 aromatic rings. The second kappa shape index (κ2) is 8.11. The summed E-state index contributed by atoms with van der Waals surface area (Å²) in [6.45, 7) is 3.16. The molecule has 0 bridgehead atoms. The standard InChI is InChI=1S/C18H19FN4OS/c1-2-23(18(24)12-25-17-5-3-4-9-20-17)10-8-16-21-14-7-6-13(19)11-15(14)22-16/h3-7,9,11H,2,8,10,12H2,1H3,(H,21,22). The predicted octanol–water partition coefficient (Wildman–Crippen LogP) is 3.28. The van der Waals surface area contributed by atoms with Gasteiger partial charge in [-0.2, -0.15) is 0 Å². The SMILES string of the molecule is CCN(CCc1nc2ccc(F)cc2[nH]1)C(=O)CSc1ccccn1. The fourth-order valence-electron chi connectivity index (χ4n) is 2.51. The maximum absolute atomic E-state index is 13.2. The van der Waals surface area contributed by atoms with Crippen LogP contribution in [0.1, 0.15) is 12.7 Å². The number of hydrogen-bond acceptors (Lipinski definition) is 4. The number of aromatic amines is 1. The third-order valence-electron chi connectivity index (χ3n) is 3.83. The highest BCUT2D eigenvalue weighted by Crippen LogP contribution is 2.16. The van der Waals surface area contributed by atoms with Crippen molar-refractivity contribution in [1.29, 1.82) is 0 Å². The first-order chi connectivity index (χ1) is 12.2. The Labute approximate surface area is 149 Å². The Morgan fingerprint density at radius 1 is 1.32 bits per heavy atom. The molecule has 5 nitrogen and oxygen atoms in total. The van der Waals surface area contributed by atoms with Gasteiger partial charge in [0.05, 0.1) is 21.8 Å². The zero-order valence-corrected chi connectivity index (χ0v) is 14.7. The first-order valence-electron chi connectivity index (χ1n) is 8.11. The number of likely N-dealkylation sites (N-methyl/N-ethyl adjacent to an activating group) is 1. The molecular formula is C18H19FN4OS. The summed E-state index contributed by atoms with van der Waals surface area (Å²) in [4.78, 5) is 25.9. The van der Waals surface area contributed by atoms with Crippen LogP contribution in [-0.4, -0.2) is 44.6 Å². The lowest BCUT2D eigenvalue weighted by molar-refractivity contribution is -0.128. The number of H-pyrrole nitrogens is 1. The third kappa shape index (κ3) is 4.57. The number of nitrogens with zero attached hydrogens (tertiary/aromatic N) is 3. The van der Waals surface area contributed by atoms with Gasteiger partial charge >= 0.3 is 0 Å². The minimum Gasteiger partial charge on any atom is -0.342 e. The topological polar surface area (TPSA) is 61.9 Å². The second-order valence-electron chi connectivity index (χ2n) is 5.53. The molecule has 0 atom stereocenters. The van der Waals surface area contributed by atoms with Crippen molar-refractivity contribution in [3.05, 3.63) is 54.2 Å². The summed E-state index contributed by atoms with van der Waals surface area (Å²) in [5.41, 5.74) is 1.41. The Morgan fingerprint density at radius 3 is 2.96 bits per heavy atom. The van der Waals surface area contributed by atoms with Gasteiger partial charge in [0.15, 0.2) is 0 Å². The lowest BCUT2D eigenvalue weighted by atomic mass is 10.3. The van der Waals surface area contributed by atoms with Gasteiger partial charge in [0.2, 0.25) is 5.91 Å². The van der Waals surface area contributed by atoms with Crippen LogP contribution in [-0.2, 0) is 11.2 Å². The molecule has 1 N–H and O–H groups in total. The van der Waals surface area contributed by atoms with Crippen molar-refractivity contribution in [2.75, 3.05) is 18.8 Å². The van der Waals surface area contributed by atoms with E-state index in [4.69, 9.17) is 0 Å². The highest BCUT2D eigenvalue weighted by Gasteiger charge is 2.13. The summed E-state index contributed by atoms with van der Waals surface area (Å²) in [6.07, 6.45) is 2.32. The zero-order chi connectivity index (χ0) is 17.6. The predicted molar refractivity (Wildman–Crippen MR) is 97.0 cm³/mol. The van der Waals surface area contributed by atoms with Gasteiger partial charge < -0.3 is 9.88 Å². The smallest absolute Gasteiger partial charge is 0.232 e. The average Bonchev–Trinajstić information content (AvgIpc) is 3.03. The van der Waals surface area contributed by atoms with Gasteiger partial charge in [-0.15, -0.1) is 0 Å². The van der Waals surface area contributed by atoms with Crippen molar-refractivity contribution >= 4 is 28.7 Å². The van der Waals surface area contributed by atoms with Crippen LogP contribution in [0.4, 0.5) is 4.39 Å². The molecule has 3 rings (SSSR count). The molecule has 130 valence electrons. The molecule has 0 fully saturated rings. The Bertz CT molecular complexity index is 853. The number of rotatable bonds is 7. The van der Waals surface area contributed by atoms with Gasteiger partial charge in [-0.3, -0.25) is 4.79 Å². The fraction of sp³-hybridized carbons (Fsp3) is 0.278. The number of hydrogen-bond donors (Lipinski definition) is 1. The molecule has 0 unspecified atom stereocenters. The minimum atomic E-state index is -0.292. The normalized spacial score (nSPS) is 11.0. The molecule has 0 radical (unpaired) electrons. The second-order valence-corrected chi connectivity index (χ2v) is 6.52. The number of benzene rings is 1. The van der Waals surface area contributed by atoms with E-state index in [1.807, 2.05) is 25.1 Å². The summed E-state index contributed by atoms with van der Waals surface area (Å²) in [6, 6.07) is 10.1. The zero-order valence-electron chi connectivity index (χ0n) is 13.9. The van der Waals surface area contributed by atoms with Crippen LogP contribution in [0.25, 0.3) is 11.0 Å². The van der Waals surface area contributed by atoms with E-state index < -0.39 is 0 Å². The van der Waals surface area contributed by atoms with Crippen LogP contribution in [0.3, 0.4) is 0 Å². The number of pyridine rings is 1. The van der Waals surface area contributed by atoms with Crippen molar-refractivity contribution in [3.63, 3.8) is 0 Å². The summed E-state index contributed by atoms with van der Waals surface area (Å²) in [5, 5.41) is 0.839. The number of nitrogens with one attached hydrogen (secondary N) is 1. The maximum Gasteiger partial charge on any atom is 0.232 e. The van der Waals surface area contributed by atoms with Crippen LogP contribution in [0.2, 0.25) is 0 Å². The monoisotopic (exact) mass is 358 g/mol. The lowest BCUT2D eigenvalue weighted by Gasteiger charge is -2.20. The van der Waals surface area contributed by atoms with Crippen molar-refractivity contribution in [2.24, 2.45) is 0 Å². The first-order valence-corrected chi connectivity index (χ1v) is 9.10. The molecule has 0 spiro atoms. The highest BCUT2D eigenvalue weighted by atomic mass is 32.2. The number of halogens is 1. The van der Waals surface area contributed by atoms with Crippen molar-refractivity contribution in [3.8, 4) is 0 Å². The number of amides is 1. The Morgan fingerprint density at radius 2 is 2.20 bits per heavy atom. The first kappa shape index (κ1) is 17.4. The van der Waals surface area contributed by atoms with E-state index in [2.05, 4.69) is 15.0 Å². The van der Waals surface area contributed by atoms with E-state index in [9.17, 15) is 9.18 Å². The molecular weight excluding hydrogens is 339 g/mol. The number of thioether (sulfide) groups is 1. The highest BCUT2D eigenvalue weighted by molar-refractivity contribution is 7.99. The van der Waals surface area contributed by atoms with E-state index in [0.717, 1.165) is 16.4 Å². The molecule has 0 aliphatic rings. The quantitative estimate of drug-likeness (QED) is 0.659. The van der Waals surface area contributed by atoms with E-state index in [1.54, 1.807) is 17.2 Å². The van der Waals surface area contributed by atoms with Crippen LogP contribution in [0.15, 0.2) is 47.6 Å². The molecule has 25 heavy (non-hydrogen) atoms. The number of carbonyl (C=O) groups is 1. The van der Waals surface area contributed by atoms with Crippen LogP contribution in [0, 0.1) is 5.82 Å². The number of carbonyl (C=O) groups excluding carboxylic acids is 1. The van der Waals surface area contributed by atoms with Crippen LogP contribution >= 0.6 is 11.8 Å². The summed E-state index contributed by atoms with van der Waals surface area (Å²) >= 11 is 1.43. The third-order valence-corrected chi connectivity index (χ3v) is 4.76. The molecule has 0 saturated heterocycles. The van der Waals surface area contributed by atoms with E-state index in [0.29, 0.717) is 30.8 Å². The van der Waals surface area contributed by atoms with Crippen molar-refractivity contribution in [2.45, 2.75) is 18.4 Å². The minimum absolute atomic E-state index is 0.0697. The molecule has 1 aromatic carbocycles. The number of imidazole rings is 1. The molecule has 2 aromatic heterocycles. The summed E-state index contributed by atoms with van der Waals surface area (Å²) in [7, 11) is 0. The average molecular weight is 358 g/mol. The van der Waals surface area contributed by atoms with E-state index in [1.165, 1.54) is 23.9 Å². The van der Waals surface area contributed by atoms with Gasteiger partial charge in [0.1, 0.15) is 11.6 Å². The Hall–Kier alpha value is -2.41. The van der Waals surface area contributed by atoms with Gasteiger partial charge in [-0.1, -0.05) is 17.8 Å². The lowest BCUT2D eigenvalue weighted by Crippen LogP contribution is -2.34. The van der Waals surface area contributed by atoms with Gasteiger partial charge in [-0.05, 0) is 37.3 Å². The molecule has 2 heterocycles. The van der Waals surface area contributed by atoms with E-state index in [-0.39, 0.29) is 11.7 Å². The Balaban J connectivity index is 1.56. The molecule has 0 aliphatic carbocycles. The van der Waals surface area contributed by atoms with E-state index >= 15 is 0 Å². The van der Waals surface area contributed by atoms with Crippen molar-refractivity contribution in [1.82, 2.24) is 19.9 Å². The molecule has 0 saturated carbocycles. The largest absolute Gasteiger partial charge is 0.342 e. The van der Waals surface area contributed by atoms with Gasteiger partial charge in [-0.25, -0.2) is 14.4 Å². The number of fused-ring (bicyclic) bond motifs is 1. The molecule has 1 amide bonds. The molecule has 0 aliphatic heterocycles.